The number of rotatable bonds is 3. The first-order chi connectivity index (χ1) is 9.04. The summed E-state index contributed by atoms with van der Waals surface area (Å²) in [5.41, 5.74) is -0.201. The molecule has 1 aromatic heterocycles. The van der Waals surface area contributed by atoms with E-state index in [0.717, 1.165) is 12.1 Å². The highest BCUT2D eigenvalue weighted by Gasteiger charge is 2.18. The summed E-state index contributed by atoms with van der Waals surface area (Å²) in [5.74, 6) is -4.43. The van der Waals surface area contributed by atoms with E-state index >= 15 is 0 Å². The van der Waals surface area contributed by atoms with Gasteiger partial charge in [-0.15, -0.1) is 0 Å². The Morgan fingerprint density at radius 1 is 1.32 bits per heavy atom. The van der Waals surface area contributed by atoms with Crippen LogP contribution in [0.5, 0.6) is 0 Å². The van der Waals surface area contributed by atoms with E-state index in [0.29, 0.717) is 0 Å². The number of hydrogen-bond donors (Lipinski definition) is 1. The first-order valence-corrected chi connectivity index (χ1v) is 5.40. The van der Waals surface area contributed by atoms with Crippen LogP contribution >= 0.6 is 0 Å². The van der Waals surface area contributed by atoms with Crippen LogP contribution in [0.15, 0.2) is 24.5 Å². The van der Waals surface area contributed by atoms with Gasteiger partial charge in [-0.25, -0.2) is 18.2 Å². The number of hydrogen-bond acceptors (Lipinski definition) is 2. The van der Waals surface area contributed by atoms with Crippen molar-refractivity contribution in [1.82, 2.24) is 14.9 Å². The van der Waals surface area contributed by atoms with Gasteiger partial charge in [0.2, 0.25) is 5.91 Å². The molecule has 0 bridgehead atoms. The van der Waals surface area contributed by atoms with Crippen molar-refractivity contribution >= 4 is 5.91 Å². The smallest absolute Gasteiger partial charge is 0.239 e. The molecule has 1 aromatic carbocycles. The maximum absolute atomic E-state index is 13.7. The summed E-state index contributed by atoms with van der Waals surface area (Å²) in [4.78, 5) is 15.1. The van der Waals surface area contributed by atoms with Crippen molar-refractivity contribution in [1.29, 1.82) is 0 Å². The molecule has 19 heavy (non-hydrogen) atoms. The zero-order valence-corrected chi connectivity index (χ0v) is 9.95. The first kappa shape index (κ1) is 13.1. The molecule has 0 unspecified atom stereocenters. The van der Waals surface area contributed by atoms with Crippen molar-refractivity contribution in [2.75, 3.05) is 7.05 Å². The number of halogens is 3. The molecule has 0 saturated carbocycles. The Hall–Kier alpha value is -2.31. The molecule has 2 rings (SSSR count). The molecule has 0 fully saturated rings. The van der Waals surface area contributed by atoms with Gasteiger partial charge in [0.05, 0.1) is 5.56 Å². The summed E-state index contributed by atoms with van der Waals surface area (Å²) in [6.07, 6.45) is 2.80. The molecule has 1 N–H and O–H groups in total. The van der Waals surface area contributed by atoms with Crippen molar-refractivity contribution in [3.8, 4) is 11.4 Å². The fourth-order valence-electron chi connectivity index (χ4n) is 1.61. The standard InChI is InChI=1S/C12H10F3N3O/c1-16-9(19)6-18-5-4-17-12(18)7-2-3-8(13)11(15)10(7)14/h2-5H,6H2,1H3,(H,16,19). The Morgan fingerprint density at radius 2 is 2.05 bits per heavy atom. The second kappa shape index (κ2) is 5.13. The van der Waals surface area contributed by atoms with Crippen LogP contribution in [0.2, 0.25) is 0 Å². The largest absolute Gasteiger partial charge is 0.358 e. The topological polar surface area (TPSA) is 46.9 Å². The molecule has 100 valence electrons. The van der Waals surface area contributed by atoms with Crippen molar-refractivity contribution in [3.05, 3.63) is 42.0 Å². The third-order valence-corrected chi connectivity index (χ3v) is 2.58. The maximum atomic E-state index is 13.7. The molecule has 1 heterocycles. The molecular weight excluding hydrogens is 259 g/mol. The van der Waals surface area contributed by atoms with E-state index in [-0.39, 0.29) is 23.8 Å². The van der Waals surface area contributed by atoms with Crippen LogP contribution < -0.4 is 5.32 Å². The van der Waals surface area contributed by atoms with Gasteiger partial charge >= 0.3 is 0 Å². The number of nitrogens with one attached hydrogen (secondary N) is 1. The van der Waals surface area contributed by atoms with Crippen LogP contribution in [0, 0.1) is 17.5 Å². The third-order valence-electron chi connectivity index (χ3n) is 2.58. The number of carbonyl (C=O) groups is 1. The fourth-order valence-corrected chi connectivity index (χ4v) is 1.61. The molecule has 2 aromatic rings. The Morgan fingerprint density at radius 3 is 2.74 bits per heavy atom. The zero-order valence-electron chi connectivity index (χ0n) is 9.95. The summed E-state index contributed by atoms with van der Waals surface area (Å²) >= 11 is 0. The predicted octanol–water partition coefficient (Wildman–Crippen LogP) is 1.71. The van der Waals surface area contributed by atoms with Gasteiger partial charge in [-0.2, -0.15) is 0 Å². The second-order valence-electron chi connectivity index (χ2n) is 3.77. The third kappa shape index (κ3) is 2.44. The Bertz CT molecular complexity index is 625. The van der Waals surface area contributed by atoms with Crippen LogP contribution in [-0.4, -0.2) is 22.5 Å². The van der Waals surface area contributed by atoms with E-state index in [1.54, 1.807) is 0 Å². The zero-order chi connectivity index (χ0) is 14.0. The Balaban J connectivity index is 2.46. The van der Waals surface area contributed by atoms with Gasteiger partial charge in [0.1, 0.15) is 12.4 Å². The number of carbonyl (C=O) groups excluding carboxylic acids is 1. The van der Waals surface area contributed by atoms with Crippen LogP contribution in [0.4, 0.5) is 13.2 Å². The molecule has 0 saturated heterocycles. The van der Waals surface area contributed by atoms with Gasteiger partial charge in [0.15, 0.2) is 17.5 Å². The van der Waals surface area contributed by atoms with Crippen LogP contribution in [0.25, 0.3) is 11.4 Å². The molecule has 0 spiro atoms. The number of nitrogens with zero attached hydrogens (tertiary/aromatic N) is 2. The van der Waals surface area contributed by atoms with Crippen molar-refractivity contribution < 1.29 is 18.0 Å². The average Bonchev–Trinajstić information content (AvgIpc) is 2.84. The Kier molecular flexibility index (Phi) is 3.55. The maximum Gasteiger partial charge on any atom is 0.239 e. The van der Waals surface area contributed by atoms with Gasteiger partial charge in [0, 0.05) is 19.4 Å². The van der Waals surface area contributed by atoms with E-state index in [1.807, 2.05) is 0 Å². The lowest BCUT2D eigenvalue weighted by molar-refractivity contribution is -0.121. The number of amides is 1. The molecule has 4 nitrogen and oxygen atoms in total. The first-order valence-electron chi connectivity index (χ1n) is 5.40. The van der Waals surface area contributed by atoms with Crippen LogP contribution in [0.1, 0.15) is 0 Å². The molecule has 0 aliphatic carbocycles. The summed E-state index contributed by atoms with van der Waals surface area (Å²) in [6.45, 7) is -0.0930. The molecule has 1 amide bonds. The van der Waals surface area contributed by atoms with Crippen LogP contribution in [0.3, 0.4) is 0 Å². The number of imidazole rings is 1. The minimum absolute atomic E-state index is 0.0556. The molecular formula is C12H10F3N3O. The quantitative estimate of drug-likeness (QED) is 0.862. The SMILES string of the molecule is CNC(=O)Cn1ccnc1-c1ccc(F)c(F)c1F. The van der Waals surface area contributed by atoms with E-state index in [2.05, 4.69) is 10.3 Å². The molecule has 0 atom stereocenters. The van der Waals surface area contributed by atoms with Gasteiger partial charge in [0.25, 0.3) is 0 Å². The summed E-state index contributed by atoms with van der Waals surface area (Å²) in [5, 5.41) is 2.40. The number of aromatic nitrogens is 2. The predicted molar refractivity (Wildman–Crippen MR) is 61.6 cm³/mol. The van der Waals surface area contributed by atoms with Gasteiger partial charge in [-0.05, 0) is 12.1 Å². The van der Waals surface area contributed by atoms with Gasteiger partial charge in [-0.3, -0.25) is 4.79 Å². The normalized spacial score (nSPS) is 10.5. The highest BCUT2D eigenvalue weighted by atomic mass is 19.2. The van der Waals surface area contributed by atoms with Crippen molar-refractivity contribution in [3.63, 3.8) is 0 Å². The lowest BCUT2D eigenvalue weighted by atomic mass is 10.2. The lowest BCUT2D eigenvalue weighted by Crippen LogP contribution is -2.23. The van der Waals surface area contributed by atoms with E-state index in [1.165, 1.54) is 24.0 Å². The minimum atomic E-state index is -1.56. The molecule has 0 radical (unpaired) electrons. The summed E-state index contributed by atoms with van der Waals surface area (Å²) in [6, 6.07) is 1.89. The van der Waals surface area contributed by atoms with Gasteiger partial charge < -0.3 is 9.88 Å². The number of likely N-dealkylation sites (N-methyl/N-ethyl adjacent to an activating group) is 1. The number of benzene rings is 1. The van der Waals surface area contributed by atoms with Crippen molar-refractivity contribution in [2.24, 2.45) is 0 Å². The van der Waals surface area contributed by atoms with Gasteiger partial charge in [-0.1, -0.05) is 0 Å². The highest BCUT2D eigenvalue weighted by molar-refractivity contribution is 5.76. The molecule has 7 heteroatoms. The average molecular weight is 269 g/mol. The highest BCUT2D eigenvalue weighted by Crippen LogP contribution is 2.24. The van der Waals surface area contributed by atoms with E-state index in [9.17, 15) is 18.0 Å². The summed E-state index contributed by atoms with van der Waals surface area (Å²) < 4.78 is 41.0. The molecule has 0 aliphatic rings. The van der Waals surface area contributed by atoms with E-state index < -0.39 is 17.5 Å². The fraction of sp³-hybridized carbons (Fsp3) is 0.167. The van der Waals surface area contributed by atoms with Crippen LogP contribution in [-0.2, 0) is 11.3 Å². The Labute approximate surface area is 106 Å². The van der Waals surface area contributed by atoms with Crippen molar-refractivity contribution in [2.45, 2.75) is 6.54 Å². The summed E-state index contributed by atoms with van der Waals surface area (Å²) in [7, 11) is 1.46. The monoisotopic (exact) mass is 269 g/mol. The minimum Gasteiger partial charge on any atom is -0.358 e. The second-order valence-corrected chi connectivity index (χ2v) is 3.77. The molecule has 0 aliphatic heterocycles. The van der Waals surface area contributed by atoms with E-state index in [4.69, 9.17) is 0 Å². The lowest BCUT2D eigenvalue weighted by Gasteiger charge is -2.08.